The van der Waals surface area contributed by atoms with Crippen molar-refractivity contribution in [3.05, 3.63) is 0 Å². The molecule has 0 saturated carbocycles. The molecule has 0 spiro atoms. The Labute approximate surface area is 97.8 Å². The summed E-state index contributed by atoms with van der Waals surface area (Å²) < 4.78 is 5.78. The Morgan fingerprint density at radius 3 is 2.43 bits per heavy atom. The maximum absolute atomic E-state index is 5.78. The van der Waals surface area contributed by atoms with E-state index in [0.717, 1.165) is 12.4 Å². The Balaban J connectivity index is 2.71. The maximum Gasteiger partial charge on any atom is 0.147 e. The topological polar surface area (TPSA) is 9.23 Å². The van der Waals surface area contributed by atoms with E-state index in [1.807, 2.05) is 0 Å². The number of rotatable bonds is 3. The molecule has 84 valence electrons. The summed E-state index contributed by atoms with van der Waals surface area (Å²) in [5.74, 6) is 0.998. The van der Waals surface area contributed by atoms with Crippen molar-refractivity contribution >= 4 is 30.2 Å². The molecule has 0 radical (unpaired) electrons. The van der Waals surface area contributed by atoms with E-state index in [4.69, 9.17) is 4.43 Å². The molecule has 1 unspecified atom stereocenters. The van der Waals surface area contributed by atoms with Crippen LogP contribution in [0.25, 0.3) is 0 Å². The van der Waals surface area contributed by atoms with E-state index in [2.05, 4.69) is 40.3 Å². The highest BCUT2D eigenvalue weighted by molar-refractivity contribution is 7.80. The Morgan fingerprint density at radius 1 is 1.36 bits per heavy atom. The molecule has 1 fully saturated rings. The molecule has 1 rings (SSSR count). The van der Waals surface area contributed by atoms with Crippen LogP contribution in [0.3, 0.4) is 0 Å². The van der Waals surface area contributed by atoms with Gasteiger partial charge in [0.1, 0.15) is 9.28 Å². The molecule has 0 N–H and O–H groups in total. The summed E-state index contributed by atoms with van der Waals surface area (Å²) in [6.45, 7) is 10.7. The lowest BCUT2D eigenvalue weighted by molar-refractivity contribution is 0.290. The molecule has 1 heterocycles. The van der Waals surface area contributed by atoms with Crippen LogP contribution >= 0.6 is 12.6 Å². The Morgan fingerprint density at radius 2 is 2.00 bits per heavy atom. The van der Waals surface area contributed by atoms with Crippen molar-refractivity contribution in [2.24, 2.45) is 5.41 Å². The Kier molecular flexibility index (Phi) is 4.32. The predicted molar refractivity (Wildman–Crippen MR) is 72.7 cm³/mol. The average Bonchev–Trinajstić information content (AvgIpc) is 2.19. The van der Waals surface area contributed by atoms with Crippen molar-refractivity contribution in [2.45, 2.75) is 45.2 Å². The van der Waals surface area contributed by atoms with E-state index in [1.54, 1.807) is 0 Å². The highest BCUT2D eigenvalue weighted by Crippen LogP contribution is 2.49. The fourth-order valence-corrected chi connectivity index (χ4v) is 12.1. The second kappa shape index (κ2) is 4.72. The first-order valence-corrected chi connectivity index (χ1v) is 11.5. The minimum absolute atomic E-state index is 0.166. The van der Waals surface area contributed by atoms with E-state index in [-0.39, 0.29) is 9.28 Å². The maximum atomic E-state index is 5.78. The largest absolute Gasteiger partial charge is 0.428 e. The van der Waals surface area contributed by atoms with Crippen LogP contribution in [-0.4, -0.2) is 30.0 Å². The molecular weight excluding hydrogens is 224 g/mol. The third-order valence-electron chi connectivity index (χ3n) is 4.32. The van der Waals surface area contributed by atoms with Gasteiger partial charge in [-0.25, -0.2) is 0 Å². The molecule has 1 aliphatic heterocycles. The standard InChI is InChI=1S/C10H24OSSi2/c1-9(2,8-12)10(3,4)14-7-5-6-11-13-14/h12,14H,5-8,13H2,1-4H3. The van der Waals surface area contributed by atoms with Crippen molar-refractivity contribution in [2.75, 3.05) is 12.4 Å². The highest BCUT2D eigenvalue weighted by Gasteiger charge is 2.43. The van der Waals surface area contributed by atoms with Crippen LogP contribution in [0.15, 0.2) is 0 Å². The quantitative estimate of drug-likeness (QED) is 0.593. The normalized spacial score (nSPS) is 26.8. The van der Waals surface area contributed by atoms with Crippen molar-refractivity contribution in [3.63, 3.8) is 0 Å². The molecule has 0 aromatic rings. The van der Waals surface area contributed by atoms with Crippen LogP contribution in [0.2, 0.25) is 11.1 Å². The van der Waals surface area contributed by atoms with E-state index in [9.17, 15) is 0 Å². The summed E-state index contributed by atoms with van der Waals surface area (Å²) in [5, 5.41) is 0.515. The van der Waals surface area contributed by atoms with E-state index in [0.29, 0.717) is 10.5 Å². The molecule has 0 aromatic heterocycles. The van der Waals surface area contributed by atoms with Gasteiger partial charge in [0.2, 0.25) is 0 Å². The molecule has 0 bridgehead atoms. The monoisotopic (exact) mass is 248 g/mol. The van der Waals surface area contributed by atoms with Gasteiger partial charge in [0.05, 0.1) is 8.31 Å². The smallest absolute Gasteiger partial charge is 0.147 e. The van der Waals surface area contributed by atoms with Gasteiger partial charge in [0.15, 0.2) is 0 Å². The summed E-state index contributed by atoms with van der Waals surface area (Å²) in [6.07, 6.45) is 1.32. The molecular formula is C10H24OSSi2. The van der Waals surface area contributed by atoms with Gasteiger partial charge in [-0.2, -0.15) is 12.6 Å². The molecule has 1 atom stereocenters. The molecule has 14 heavy (non-hydrogen) atoms. The Hall–Kier alpha value is 0.744. The summed E-state index contributed by atoms with van der Waals surface area (Å²) in [5.41, 5.74) is 0.376. The van der Waals surface area contributed by atoms with Crippen LogP contribution < -0.4 is 0 Å². The van der Waals surface area contributed by atoms with Crippen molar-refractivity contribution in [3.8, 4) is 0 Å². The van der Waals surface area contributed by atoms with Crippen LogP contribution in [-0.2, 0) is 4.43 Å². The third kappa shape index (κ3) is 2.46. The number of hydrogen-bond acceptors (Lipinski definition) is 2. The number of thiol groups is 1. The second-order valence-electron chi connectivity index (χ2n) is 5.68. The first kappa shape index (κ1) is 12.8. The lowest BCUT2D eigenvalue weighted by Crippen LogP contribution is -2.47. The zero-order valence-electron chi connectivity index (χ0n) is 9.97. The van der Waals surface area contributed by atoms with Crippen LogP contribution in [0.4, 0.5) is 0 Å². The first-order valence-electron chi connectivity index (χ1n) is 5.60. The molecule has 4 heteroatoms. The highest BCUT2D eigenvalue weighted by atomic mass is 32.1. The molecule has 1 aliphatic rings. The number of hydrogen-bond donors (Lipinski definition) is 1. The molecule has 1 saturated heterocycles. The van der Waals surface area contributed by atoms with Crippen LogP contribution in [0.5, 0.6) is 0 Å². The minimum atomic E-state index is -0.610. The van der Waals surface area contributed by atoms with Crippen molar-refractivity contribution in [1.29, 1.82) is 0 Å². The fraction of sp³-hybridized carbons (Fsp3) is 1.00. The van der Waals surface area contributed by atoms with Gasteiger partial charge in [0.25, 0.3) is 0 Å². The van der Waals surface area contributed by atoms with Gasteiger partial charge in [-0.3, -0.25) is 0 Å². The van der Waals surface area contributed by atoms with Gasteiger partial charge in [-0.05, 0) is 22.6 Å². The van der Waals surface area contributed by atoms with Gasteiger partial charge in [-0.1, -0.05) is 33.7 Å². The summed E-state index contributed by atoms with van der Waals surface area (Å²) in [6, 6.07) is 1.51. The van der Waals surface area contributed by atoms with Crippen molar-refractivity contribution in [1.82, 2.24) is 0 Å². The van der Waals surface area contributed by atoms with Gasteiger partial charge >= 0.3 is 0 Å². The average molecular weight is 249 g/mol. The summed E-state index contributed by atoms with van der Waals surface area (Å²) in [4.78, 5) is 0. The van der Waals surface area contributed by atoms with E-state index in [1.165, 1.54) is 12.5 Å². The first-order chi connectivity index (χ1) is 6.42. The third-order valence-corrected chi connectivity index (χ3v) is 16.2. The molecule has 0 aromatic carbocycles. The van der Waals surface area contributed by atoms with Crippen molar-refractivity contribution < 1.29 is 4.43 Å². The molecule has 1 nitrogen and oxygen atoms in total. The van der Waals surface area contributed by atoms with Gasteiger partial charge in [0, 0.05) is 6.61 Å². The molecule has 0 amide bonds. The molecule has 0 aliphatic carbocycles. The zero-order valence-corrected chi connectivity index (χ0v) is 13.4. The predicted octanol–water partition coefficient (Wildman–Crippen LogP) is 1.95. The van der Waals surface area contributed by atoms with Crippen LogP contribution in [0, 0.1) is 5.41 Å². The van der Waals surface area contributed by atoms with E-state index < -0.39 is 8.31 Å². The second-order valence-corrected chi connectivity index (χ2v) is 14.1. The fourth-order valence-electron chi connectivity index (χ4n) is 2.07. The summed E-state index contributed by atoms with van der Waals surface area (Å²) in [7, 11) is -0.776. The van der Waals surface area contributed by atoms with Crippen LogP contribution in [0.1, 0.15) is 34.1 Å². The SMILES string of the molecule is CC(C)(CS)C(C)(C)[SiH]1CCCO[SiH2]1. The zero-order chi connectivity index (χ0) is 10.8. The minimum Gasteiger partial charge on any atom is -0.428 e. The lowest BCUT2D eigenvalue weighted by atomic mass is 9.82. The van der Waals surface area contributed by atoms with Gasteiger partial charge in [-0.15, -0.1) is 0 Å². The van der Waals surface area contributed by atoms with Gasteiger partial charge < -0.3 is 4.43 Å². The summed E-state index contributed by atoms with van der Waals surface area (Å²) >= 11 is 4.51. The lowest BCUT2D eigenvalue weighted by Gasteiger charge is -2.47. The van der Waals surface area contributed by atoms with E-state index >= 15 is 0 Å². The Bertz CT molecular complexity index is 189.